The maximum atomic E-state index is 6.36. The quantitative estimate of drug-likeness (QED) is 0.849. The highest BCUT2D eigenvalue weighted by Crippen LogP contribution is 2.21. The van der Waals surface area contributed by atoms with Gasteiger partial charge in [-0.05, 0) is 33.2 Å². The number of hydrogen-bond acceptors (Lipinski definition) is 4. The molecule has 0 radical (unpaired) electrons. The van der Waals surface area contributed by atoms with Crippen molar-refractivity contribution in [2.75, 3.05) is 6.54 Å². The second-order valence-electron chi connectivity index (χ2n) is 5.40. The van der Waals surface area contributed by atoms with Crippen molar-refractivity contribution in [1.29, 1.82) is 0 Å². The lowest BCUT2D eigenvalue weighted by Crippen LogP contribution is -2.34. The molecule has 21 heavy (non-hydrogen) atoms. The van der Waals surface area contributed by atoms with Gasteiger partial charge in [-0.1, -0.05) is 18.5 Å². The molecular weight excluding hydrogens is 304 g/mol. The third-order valence-corrected chi connectivity index (χ3v) is 4.82. The molecule has 2 heterocycles. The van der Waals surface area contributed by atoms with Crippen LogP contribution in [0.2, 0.25) is 5.15 Å². The molecule has 2 rings (SSSR count). The molecule has 4 nitrogen and oxygen atoms in total. The normalized spacial score (nSPS) is 12.8. The van der Waals surface area contributed by atoms with Crippen molar-refractivity contribution in [3.8, 4) is 0 Å². The van der Waals surface area contributed by atoms with E-state index in [1.54, 1.807) is 16.0 Å². The van der Waals surface area contributed by atoms with E-state index in [1.165, 1.54) is 0 Å². The fourth-order valence-electron chi connectivity index (χ4n) is 2.47. The fourth-order valence-corrected chi connectivity index (χ4v) is 3.35. The lowest BCUT2D eigenvalue weighted by atomic mass is 10.0. The van der Waals surface area contributed by atoms with E-state index in [2.05, 4.69) is 27.7 Å². The van der Waals surface area contributed by atoms with Gasteiger partial charge in [-0.2, -0.15) is 5.10 Å². The van der Waals surface area contributed by atoms with Gasteiger partial charge in [0.2, 0.25) is 0 Å². The summed E-state index contributed by atoms with van der Waals surface area (Å²) in [4.78, 5) is 4.57. The van der Waals surface area contributed by atoms with E-state index in [9.17, 15) is 0 Å². The van der Waals surface area contributed by atoms with E-state index in [1.807, 2.05) is 20.9 Å². The van der Waals surface area contributed by atoms with Crippen LogP contribution in [0.25, 0.3) is 0 Å². The summed E-state index contributed by atoms with van der Waals surface area (Å²) in [6.45, 7) is 7.25. The van der Waals surface area contributed by atoms with Crippen molar-refractivity contribution in [1.82, 2.24) is 20.1 Å². The smallest absolute Gasteiger partial charge is 0.130 e. The molecule has 0 bridgehead atoms. The molecule has 0 fully saturated rings. The maximum absolute atomic E-state index is 6.36. The number of thiazole rings is 1. The van der Waals surface area contributed by atoms with E-state index in [0.29, 0.717) is 6.04 Å². The Kier molecular flexibility index (Phi) is 5.79. The van der Waals surface area contributed by atoms with Crippen LogP contribution in [0.15, 0.2) is 5.38 Å². The maximum Gasteiger partial charge on any atom is 0.130 e. The third kappa shape index (κ3) is 4.28. The van der Waals surface area contributed by atoms with Crippen molar-refractivity contribution in [3.05, 3.63) is 32.5 Å². The summed E-state index contributed by atoms with van der Waals surface area (Å²) in [5.41, 5.74) is 3.31. The van der Waals surface area contributed by atoms with Crippen LogP contribution in [-0.4, -0.2) is 27.4 Å². The molecule has 116 valence electrons. The third-order valence-electron chi connectivity index (χ3n) is 3.53. The molecule has 0 aliphatic heterocycles. The number of nitrogens with one attached hydrogen (secondary N) is 1. The second-order valence-corrected chi connectivity index (χ2v) is 6.82. The first-order valence-electron chi connectivity index (χ1n) is 7.33. The standard InChI is InChI=1S/C15H23ClN4S/c1-5-6-17-12(7-13-9-21-11(3)18-13)8-14-10(2)19-20(4)15(14)16/h9,12,17H,5-8H2,1-4H3. The SMILES string of the molecule is CCCNC(Cc1csc(C)n1)Cc1c(C)nn(C)c1Cl. The number of nitrogens with zero attached hydrogens (tertiary/aromatic N) is 3. The summed E-state index contributed by atoms with van der Waals surface area (Å²) >= 11 is 8.06. The molecule has 1 N–H and O–H groups in total. The minimum Gasteiger partial charge on any atom is -0.313 e. The number of hydrogen-bond donors (Lipinski definition) is 1. The van der Waals surface area contributed by atoms with Gasteiger partial charge in [-0.15, -0.1) is 11.3 Å². The predicted molar refractivity (Wildman–Crippen MR) is 89.3 cm³/mol. The average Bonchev–Trinajstić information content (AvgIpc) is 2.94. The fraction of sp³-hybridized carbons (Fsp3) is 0.600. The van der Waals surface area contributed by atoms with Gasteiger partial charge < -0.3 is 5.32 Å². The lowest BCUT2D eigenvalue weighted by molar-refractivity contribution is 0.500. The molecule has 2 aromatic rings. The van der Waals surface area contributed by atoms with Crippen LogP contribution in [0.4, 0.5) is 0 Å². The zero-order valence-electron chi connectivity index (χ0n) is 13.1. The van der Waals surface area contributed by atoms with E-state index < -0.39 is 0 Å². The Morgan fingerprint density at radius 2 is 2.14 bits per heavy atom. The molecule has 2 aromatic heterocycles. The molecule has 0 spiro atoms. The number of halogens is 1. The van der Waals surface area contributed by atoms with E-state index in [0.717, 1.165) is 52.9 Å². The first-order valence-corrected chi connectivity index (χ1v) is 8.59. The monoisotopic (exact) mass is 326 g/mol. The largest absolute Gasteiger partial charge is 0.313 e. The van der Waals surface area contributed by atoms with Crippen LogP contribution in [-0.2, 0) is 19.9 Å². The van der Waals surface area contributed by atoms with Crippen LogP contribution in [0, 0.1) is 13.8 Å². The minimum atomic E-state index is 0.340. The molecular formula is C15H23ClN4S. The Morgan fingerprint density at radius 3 is 2.67 bits per heavy atom. The zero-order chi connectivity index (χ0) is 15.4. The van der Waals surface area contributed by atoms with Crippen molar-refractivity contribution >= 4 is 22.9 Å². The summed E-state index contributed by atoms with van der Waals surface area (Å²) in [6, 6.07) is 0.340. The van der Waals surface area contributed by atoms with Gasteiger partial charge in [-0.3, -0.25) is 4.68 Å². The Balaban J connectivity index is 2.12. The Morgan fingerprint density at radius 1 is 1.38 bits per heavy atom. The van der Waals surface area contributed by atoms with Crippen LogP contribution in [0.5, 0.6) is 0 Å². The first kappa shape index (κ1) is 16.5. The zero-order valence-corrected chi connectivity index (χ0v) is 14.7. The van der Waals surface area contributed by atoms with E-state index in [-0.39, 0.29) is 0 Å². The molecule has 0 aromatic carbocycles. The highest BCUT2D eigenvalue weighted by Gasteiger charge is 2.18. The van der Waals surface area contributed by atoms with Crippen LogP contribution in [0.3, 0.4) is 0 Å². The number of aryl methyl sites for hydroxylation is 3. The molecule has 0 aliphatic rings. The topological polar surface area (TPSA) is 42.7 Å². The predicted octanol–water partition coefficient (Wildman–Crippen LogP) is 3.30. The van der Waals surface area contributed by atoms with Crippen LogP contribution < -0.4 is 5.32 Å². The van der Waals surface area contributed by atoms with Crippen LogP contribution in [0.1, 0.15) is 35.3 Å². The minimum absolute atomic E-state index is 0.340. The van der Waals surface area contributed by atoms with Gasteiger partial charge in [-0.25, -0.2) is 4.98 Å². The summed E-state index contributed by atoms with van der Waals surface area (Å²) in [7, 11) is 1.89. The molecule has 0 amide bonds. The Hall–Kier alpha value is -0.910. The van der Waals surface area contributed by atoms with Crippen molar-refractivity contribution in [2.24, 2.45) is 7.05 Å². The van der Waals surface area contributed by atoms with Gasteiger partial charge in [0.25, 0.3) is 0 Å². The van der Waals surface area contributed by atoms with Gasteiger partial charge in [0.1, 0.15) is 5.15 Å². The second kappa shape index (κ2) is 7.38. The van der Waals surface area contributed by atoms with Crippen molar-refractivity contribution in [2.45, 2.75) is 46.1 Å². The first-order chi connectivity index (χ1) is 10.0. The van der Waals surface area contributed by atoms with Gasteiger partial charge in [0, 0.05) is 30.5 Å². The summed E-state index contributed by atoms with van der Waals surface area (Å²) in [5, 5.41) is 12.0. The lowest BCUT2D eigenvalue weighted by Gasteiger charge is -2.17. The number of rotatable bonds is 7. The summed E-state index contributed by atoms with van der Waals surface area (Å²) < 4.78 is 1.75. The number of aromatic nitrogens is 3. The summed E-state index contributed by atoms with van der Waals surface area (Å²) in [5.74, 6) is 0. The van der Waals surface area contributed by atoms with Crippen LogP contribution >= 0.6 is 22.9 Å². The molecule has 1 unspecified atom stereocenters. The van der Waals surface area contributed by atoms with Gasteiger partial charge in [0.05, 0.1) is 16.4 Å². The Labute approximate surface area is 135 Å². The van der Waals surface area contributed by atoms with Crippen molar-refractivity contribution < 1.29 is 0 Å². The molecule has 6 heteroatoms. The van der Waals surface area contributed by atoms with Gasteiger partial charge in [0.15, 0.2) is 0 Å². The molecule has 1 atom stereocenters. The van der Waals surface area contributed by atoms with E-state index >= 15 is 0 Å². The average molecular weight is 327 g/mol. The Bertz CT molecular complexity index is 591. The van der Waals surface area contributed by atoms with Crippen molar-refractivity contribution in [3.63, 3.8) is 0 Å². The highest BCUT2D eigenvalue weighted by atomic mass is 35.5. The highest BCUT2D eigenvalue weighted by molar-refractivity contribution is 7.09. The van der Waals surface area contributed by atoms with Gasteiger partial charge >= 0.3 is 0 Å². The summed E-state index contributed by atoms with van der Waals surface area (Å²) in [6.07, 6.45) is 2.93. The van der Waals surface area contributed by atoms with E-state index in [4.69, 9.17) is 11.6 Å². The molecule has 0 saturated carbocycles. The molecule has 0 saturated heterocycles. The molecule has 0 aliphatic carbocycles.